The number of aromatic amines is 1. The number of hydrogen-bond donors (Lipinski definition) is 2. The van der Waals surface area contributed by atoms with Gasteiger partial charge in [-0.1, -0.05) is 23.6 Å². The molecule has 2 N–H and O–H groups in total. The molecule has 0 amide bonds. The molecule has 0 aromatic carbocycles. The Balaban J connectivity index is 1.97. The third kappa shape index (κ3) is 3.60. The maximum atomic E-state index is 8.67. The van der Waals surface area contributed by atoms with Crippen molar-refractivity contribution in [1.82, 2.24) is 15.2 Å². The molecule has 0 aliphatic rings. The van der Waals surface area contributed by atoms with Crippen LogP contribution in [0.15, 0.2) is 22.9 Å². The topological polar surface area (TPSA) is 61.8 Å². The van der Waals surface area contributed by atoms with Gasteiger partial charge in [-0.2, -0.15) is 5.10 Å². The van der Waals surface area contributed by atoms with Gasteiger partial charge in [0.15, 0.2) is 5.16 Å². The number of rotatable bonds is 4. The van der Waals surface area contributed by atoms with Crippen LogP contribution in [0, 0.1) is 11.8 Å². The monoisotopic (exact) mass is 265 g/mol. The van der Waals surface area contributed by atoms with Gasteiger partial charge in [-0.05, 0) is 11.4 Å². The second kappa shape index (κ2) is 6.45. The van der Waals surface area contributed by atoms with Crippen LogP contribution in [-0.4, -0.2) is 26.9 Å². The fraction of sp³-hybridized carbons (Fsp3) is 0.273. The lowest BCUT2D eigenvalue weighted by Crippen LogP contribution is -1.82. The lowest BCUT2D eigenvalue weighted by atomic mass is 10.2. The van der Waals surface area contributed by atoms with Gasteiger partial charge in [0.1, 0.15) is 6.33 Å². The Hall–Kier alpha value is -1.29. The molecule has 2 aromatic rings. The van der Waals surface area contributed by atoms with Crippen molar-refractivity contribution in [3.8, 4) is 11.8 Å². The Bertz CT molecular complexity index is 510. The van der Waals surface area contributed by atoms with Gasteiger partial charge < -0.3 is 5.11 Å². The molecular formula is C11H11N3OS2. The highest BCUT2D eigenvalue weighted by Gasteiger charge is 2.04. The molecule has 17 heavy (non-hydrogen) atoms. The van der Waals surface area contributed by atoms with E-state index in [-0.39, 0.29) is 6.61 Å². The molecule has 0 fully saturated rings. The van der Waals surface area contributed by atoms with Crippen molar-refractivity contribution in [1.29, 1.82) is 0 Å². The van der Waals surface area contributed by atoms with Crippen molar-refractivity contribution < 1.29 is 5.11 Å². The molecule has 2 aromatic heterocycles. The lowest BCUT2D eigenvalue weighted by molar-refractivity contribution is 0.305. The Kier molecular flexibility index (Phi) is 4.62. The predicted molar refractivity (Wildman–Crippen MR) is 68.8 cm³/mol. The molecule has 0 aliphatic heterocycles. The van der Waals surface area contributed by atoms with Crippen molar-refractivity contribution in [3.05, 3.63) is 28.2 Å². The summed E-state index contributed by atoms with van der Waals surface area (Å²) in [5.41, 5.74) is 1.04. The maximum absolute atomic E-state index is 8.67. The second-order valence-electron chi connectivity index (χ2n) is 3.11. The summed E-state index contributed by atoms with van der Waals surface area (Å²) in [5.74, 6) is 6.83. The fourth-order valence-electron chi connectivity index (χ4n) is 1.18. The summed E-state index contributed by atoms with van der Waals surface area (Å²) < 4.78 is 0. The Labute approximate surface area is 107 Å². The highest BCUT2D eigenvalue weighted by Crippen LogP contribution is 2.24. The van der Waals surface area contributed by atoms with E-state index in [4.69, 9.17) is 5.11 Å². The molecule has 0 saturated heterocycles. The van der Waals surface area contributed by atoms with E-state index in [1.54, 1.807) is 23.1 Å². The summed E-state index contributed by atoms with van der Waals surface area (Å²) in [7, 11) is 0. The van der Waals surface area contributed by atoms with Crippen molar-refractivity contribution in [2.45, 2.75) is 17.3 Å². The number of aliphatic hydroxyl groups is 1. The largest absolute Gasteiger partial charge is 0.395 e. The second-order valence-corrected chi connectivity index (χ2v) is 5.08. The van der Waals surface area contributed by atoms with Crippen molar-refractivity contribution in [3.63, 3.8) is 0 Å². The van der Waals surface area contributed by atoms with E-state index in [1.165, 1.54) is 11.2 Å². The first-order chi connectivity index (χ1) is 8.40. The fourth-order valence-corrected chi connectivity index (χ4v) is 2.90. The molecule has 0 bridgehead atoms. The van der Waals surface area contributed by atoms with Crippen LogP contribution in [-0.2, 0) is 5.75 Å². The average Bonchev–Trinajstić information content (AvgIpc) is 2.97. The van der Waals surface area contributed by atoms with E-state index >= 15 is 0 Å². The van der Waals surface area contributed by atoms with Gasteiger partial charge in [-0.3, -0.25) is 5.10 Å². The first kappa shape index (κ1) is 12.2. The molecule has 0 unspecified atom stereocenters. The van der Waals surface area contributed by atoms with Crippen LogP contribution in [0.25, 0.3) is 0 Å². The average molecular weight is 265 g/mol. The number of thioether (sulfide) groups is 1. The normalized spacial score (nSPS) is 9.94. The maximum Gasteiger partial charge on any atom is 0.183 e. The Morgan fingerprint density at radius 2 is 2.47 bits per heavy atom. The molecule has 88 valence electrons. The number of aliphatic hydroxyl groups excluding tert-OH is 1. The molecule has 0 radical (unpaired) electrons. The summed E-state index contributed by atoms with van der Waals surface area (Å²) in [6, 6.07) is 2.01. The molecule has 4 nitrogen and oxygen atoms in total. The molecule has 6 heteroatoms. The van der Waals surface area contributed by atoms with Crippen molar-refractivity contribution >= 4 is 23.1 Å². The number of thiophene rings is 1. The van der Waals surface area contributed by atoms with Gasteiger partial charge >= 0.3 is 0 Å². The third-order valence-electron chi connectivity index (χ3n) is 1.94. The first-order valence-corrected chi connectivity index (χ1v) is 6.91. The summed E-state index contributed by atoms with van der Waals surface area (Å²) in [6.45, 7) is 0.110. The van der Waals surface area contributed by atoms with Gasteiger partial charge in [0.2, 0.25) is 0 Å². The first-order valence-electron chi connectivity index (χ1n) is 5.04. The van der Waals surface area contributed by atoms with Gasteiger partial charge in [-0.25, -0.2) is 4.98 Å². The van der Waals surface area contributed by atoms with E-state index in [1.807, 2.05) is 11.4 Å². The van der Waals surface area contributed by atoms with Crippen LogP contribution in [0.5, 0.6) is 0 Å². The van der Waals surface area contributed by atoms with E-state index in [0.29, 0.717) is 6.42 Å². The molecule has 0 atom stereocenters. The number of nitrogens with one attached hydrogen (secondary N) is 1. The predicted octanol–water partition coefficient (Wildman–Crippen LogP) is 1.89. The van der Waals surface area contributed by atoms with Gasteiger partial charge in [0, 0.05) is 22.6 Å². The number of nitrogens with zero attached hydrogens (tertiary/aromatic N) is 2. The van der Waals surface area contributed by atoms with Gasteiger partial charge in [-0.15, -0.1) is 11.3 Å². The minimum Gasteiger partial charge on any atom is -0.395 e. The Morgan fingerprint density at radius 1 is 1.53 bits per heavy atom. The Morgan fingerprint density at radius 3 is 3.24 bits per heavy atom. The van der Waals surface area contributed by atoms with Crippen molar-refractivity contribution in [2.75, 3.05) is 6.61 Å². The standard InChI is InChI=1S/C11H11N3OS2/c15-5-2-1-3-9-4-6-16-10(9)7-17-11-12-8-13-14-11/h4,6,8,15H,2,5,7H2,(H,12,13,14). The SMILES string of the molecule is OCCC#Cc1ccsc1CSc1ncn[nH]1. The van der Waals surface area contributed by atoms with Crippen LogP contribution < -0.4 is 0 Å². The quantitative estimate of drug-likeness (QED) is 0.654. The number of H-pyrrole nitrogens is 1. The van der Waals surface area contributed by atoms with Gasteiger partial charge in [0.25, 0.3) is 0 Å². The number of hydrogen-bond acceptors (Lipinski definition) is 5. The lowest BCUT2D eigenvalue weighted by Gasteiger charge is -1.95. The highest BCUT2D eigenvalue weighted by molar-refractivity contribution is 7.98. The minimum absolute atomic E-state index is 0.110. The highest BCUT2D eigenvalue weighted by atomic mass is 32.2. The molecule has 2 heterocycles. The zero-order chi connectivity index (χ0) is 11.9. The van der Waals surface area contributed by atoms with Crippen LogP contribution in [0.4, 0.5) is 0 Å². The molecule has 0 aliphatic carbocycles. The molecule has 2 rings (SSSR count). The zero-order valence-electron chi connectivity index (χ0n) is 9.01. The smallest absolute Gasteiger partial charge is 0.183 e. The van der Waals surface area contributed by atoms with Crippen LogP contribution in [0.3, 0.4) is 0 Å². The summed E-state index contributed by atoms with van der Waals surface area (Å²) in [5, 5.41) is 18.1. The van der Waals surface area contributed by atoms with Crippen LogP contribution in [0.1, 0.15) is 16.9 Å². The summed E-state index contributed by atoms with van der Waals surface area (Å²) >= 11 is 3.28. The van der Waals surface area contributed by atoms with Gasteiger partial charge in [0.05, 0.1) is 6.61 Å². The molecular weight excluding hydrogens is 254 g/mol. The molecule has 0 saturated carbocycles. The van der Waals surface area contributed by atoms with E-state index in [9.17, 15) is 0 Å². The van der Waals surface area contributed by atoms with Crippen molar-refractivity contribution in [2.24, 2.45) is 0 Å². The van der Waals surface area contributed by atoms with Crippen LogP contribution >= 0.6 is 23.1 Å². The third-order valence-corrected chi connectivity index (χ3v) is 3.94. The summed E-state index contributed by atoms with van der Waals surface area (Å²) in [6.07, 6.45) is 2.02. The number of aromatic nitrogens is 3. The minimum atomic E-state index is 0.110. The zero-order valence-corrected chi connectivity index (χ0v) is 10.6. The van der Waals surface area contributed by atoms with E-state index in [2.05, 4.69) is 27.0 Å². The summed E-state index contributed by atoms with van der Waals surface area (Å²) in [4.78, 5) is 5.27. The molecule has 0 spiro atoms. The van der Waals surface area contributed by atoms with E-state index < -0.39 is 0 Å². The van der Waals surface area contributed by atoms with Crippen LogP contribution in [0.2, 0.25) is 0 Å². The van der Waals surface area contributed by atoms with E-state index in [0.717, 1.165) is 16.5 Å².